The van der Waals surface area contributed by atoms with Crippen LogP contribution in [0, 0.1) is 6.92 Å². The highest BCUT2D eigenvalue weighted by Gasteiger charge is 2.10. The van der Waals surface area contributed by atoms with E-state index >= 15 is 0 Å². The SMILES string of the molecule is Cc1cc(-c2cnn(C)c2)ccc1-c1cncc2ccc(=O)[nH]c12. The van der Waals surface area contributed by atoms with Crippen molar-refractivity contribution in [1.29, 1.82) is 0 Å². The first kappa shape index (κ1) is 14.4. The van der Waals surface area contributed by atoms with Gasteiger partial charge in [-0.1, -0.05) is 18.2 Å². The van der Waals surface area contributed by atoms with Crippen LogP contribution in [0.15, 0.2) is 59.9 Å². The predicted octanol–water partition coefficient (Wildman–Crippen LogP) is 3.30. The molecule has 0 aliphatic heterocycles. The summed E-state index contributed by atoms with van der Waals surface area (Å²) in [5, 5.41) is 5.14. The molecule has 0 saturated carbocycles. The lowest BCUT2D eigenvalue weighted by Gasteiger charge is -2.10. The minimum Gasteiger partial charge on any atom is -0.321 e. The van der Waals surface area contributed by atoms with Gasteiger partial charge >= 0.3 is 0 Å². The number of benzene rings is 1. The summed E-state index contributed by atoms with van der Waals surface area (Å²) in [6.07, 6.45) is 7.40. The Morgan fingerprint density at radius 3 is 2.62 bits per heavy atom. The average molecular weight is 316 g/mol. The number of fused-ring (bicyclic) bond motifs is 1. The number of nitrogens with one attached hydrogen (secondary N) is 1. The molecule has 3 aromatic heterocycles. The molecular weight excluding hydrogens is 300 g/mol. The van der Waals surface area contributed by atoms with Gasteiger partial charge in [0.1, 0.15) is 0 Å². The van der Waals surface area contributed by atoms with Crippen LogP contribution in [0.1, 0.15) is 5.56 Å². The van der Waals surface area contributed by atoms with E-state index in [1.54, 1.807) is 23.1 Å². The van der Waals surface area contributed by atoms with Crippen LogP contribution in [0.3, 0.4) is 0 Å². The zero-order valence-electron chi connectivity index (χ0n) is 13.4. The molecule has 4 aromatic rings. The van der Waals surface area contributed by atoms with Crippen LogP contribution < -0.4 is 5.56 Å². The van der Waals surface area contributed by atoms with Crippen LogP contribution in [-0.4, -0.2) is 19.7 Å². The number of hydrogen-bond donors (Lipinski definition) is 1. The van der Waals surface area contributed by atoms with Crippen molar-refractivity contribution >= 4 is 10.9 Å². The fraction of sp³-hybridized carbons (Fsp3) is 0.105. The highest BCUT2D eigenvalue weighted by Crippen LogP contribution is 2.31. The van der Waals surface area contributed by atoms with Crippen LogP contribution in [0.2, 0.25) is 0 Å². The van der Waals surface area contributed by atoms with Gasteiger partial charge in [0.25, 0.3) is 0 Å². The third-order valence-corrected chi connectivity index (χ3v) is 4.19. The van der Waals surface area contributed by atoms with Gasteiger partial charge in [-0.15, -0.1) is 0 Å². The fourth-order valence-corrected chi connectivity index (χ4v) is 2.99. The minimum atomic E-state index is -0.111. The van der Waals surface area contributed by atoms with Gasteiger partial charge in [0.2, 0.25) is 5.56 Å². The second-order valence-electron chi connectivity index (χ2n) is 5.91. The van der Waals surface area contributed by atoms with E-state index in [4.69, 9.17) is 0 Å². The summed E-state index contributed by atoms with van der Waals surface area (Å²) in [5.74, 6) is 0. The summed E-state index contributed by atoms with van der Waals surface area (Å²) in [7, 11) is 1.91. The van der Waals surface area contributed by atoms with E-state index in [9.17, 15) is 4.79 Å². The standard InChI is InChI=1S/C19H16N4O/c1-12-7-13(15-9-21-23(2)11-15)3-5-16(12)17-10-20-8-14-4-6-18(24)22-19(14)17/h3-11H,1-2H3,(H,22,24). The summed E-state index contributed by atoms with van der Waals surface area (Å²) in [5.41, 5.74) is 6.01. The Bertz CT molecular complexity index is 1110. The number of rotatable bonds is 2. The van der Waals surface area contributed by atoms with E-state index in [1.165, 1.54) is 6.07 Å². The molecule has 5 nitrogen and oxygen atoms in total. The average Bonchev–Trinajstić information content (AvgIpc) is 3.01. The summed E-state index contributed by atoms with van der Waals surface area (Å²) in [6, 6.07) is 9.58. The zero-order chi connectivity index (χ0) is 16.7. The molecule has 1 N–H and O–H groups in total. The van der Waals surface area contributed by atoms with Crippen molar-refractivity contribution in [2.24, 2.45) is 7.05 Å². The van der Waals surface area contributed by atoms with Gasteiger partial charge < -0.3 is 4.98 Å². The summed E-state index contributed by atoms with van der Waals surface area (Å²) in [4.78, 5) is 18.9. The number of aromatic amines is 1. The molecule has 118 valence electrons. The van der Waals surface area contributed by atoms with Gasteiger partial charge in [-0.05, 0) is 29.7 Å². The van der Waals surface area contributed by atoms with Crippen molar-refractivity contribution in [3.05, 3.63) is 71.0 Å². The Kier molecular flexibility index (Phi) is 3.27. The van der Waals surface area contributed by atoms with Gasteiger partial charge in [0.05, 0.1) is 11.7 Å². The highest BCUT2D eigenvalue weighted by molar-refractivity contribution is 5.93. The third kappa shape index (κ3) is 2.40. The number of H-pyrrole nitrogens is 1. The molecule has 0 bridgehead atoms. The minimum absolute atomic E-state index is 0.111. The predicted molar refractivity (Wildman–Crippen MR) is 94.7 cm³/mol. The van der Waals surface area contributed by atoms with Crippen molar-refractivity contribution in [2.45, 2.75) is 6.92 Å². The largest absolute Gasteiger partial charge is 0.321 e. The Labute approximate surface area is 138 Å². The molecular formula is C19H16N4O. The molecule has 0 aliphatic rings. The van der Waals surface area contributed by atoms with Crippen LogP contribution >= 0.6 is 0 Å². The molecule has 5 heteroatoms. The second kappa shape index (κ2) is 5.45. The van der Waals surface area contributed by atoms with Crippen molar-refractivity contribution in [3.8, 4) is 22.3 Å². The number of aromatic nitrogens is 4. The first-order valence-corrected chi connectivity index (χ1v) is 7.69. The molecule has 24 heavy (non-hydrogen) atoms. The fourth-order valence-electron chi connectivity index (χ4n) is 2.99. The lowest BCUT2D eigenvalue weighted by Crippen LogP contribution is -2.03. The van der Waals surface area contributed by atoms with E-state index in [2.05, 4.69) is 40.2 Å². The quantitative estimate of drug-likeness (QED) is 0.617. The van der Waals surface area contributed by atoms with Crippen molar-refractivity contribution in [3.63, 3.8) is 0 Å². The maximum Gasteiger partial charge on any atom is 0.248 e. The van der Waals surface area contributed by atoms with E-state index in [0.717, 1.165) is 38.7 Å². The van der Waals surface area contributed by atoms with Crippen LogP contribution in [-0.2, 0) is 7.05 Å². The van der Waals surface area contributed by atoms with E-state index in [-0.39, 0.29) is 5.56 Å². The van der Waals surface area contributed by atoms with Crippen LogP contribution in [0.25, 0.3) is 33.2 Å². The zero-order valence-corrected chi connectivity index (χ0v) is 13.4. The molecule has 0 aliphatic carbocycles. The molecule has 0 spiro atoms. The van der Waals surface area contributed by atoms with Crippen LogP contribution in [0.5, 0.6) is 0 Å². The summed E-state index contributed by atoms with van der Waals surface area (Å²) >= 11 is 0. The number of pyridine rings is 2. The third-order valence-electron chi connectivity index (χ3n) is 4.19. The van der Waals surface area contributed by atoms with E-state index < -0.39 is 0 Å². The number of aryl methyl sites for hydroxylation is 2. The molecule has 0 amide bonds. The normalized spacial score (nSPS) is 11.1. The molecule has 0 saturated heterocycles. The molecule has 0 unspecified atom stereocenters. The van der Waals surface area contributed by atoms with E-state index in [0.29, 0.717) is 0 Å². The molecule has 0 atom stereocenters. The molecule has 1 aromatic carbocycles. The van der Waals surface area contributed by atoms with Crippen molar-refractivity contribution in [2.75, 3.05) is 0 Å². The van der Waals surface area contributed by atoms with Gasteiger partial charge in [-0.2, -0.15) is 5.10 Å². The number of hydrogen-bond acceptors (Lipinski definition) is 3. The smallest absolute Gasteiger partial charge is 0.248 e. The Morgan fingerprint density at radius 1 is 1.00 bits per heavy atom. The molecule has 0 radical (unpaired) electrons. The lowest BCUT2D eigenvalue weighted by atomic mass is 9.96. The monoisotopic (exact) mass is 316 g/mol. The Morgan fingerprint density at radius 2 is 1.88 bits per heavy atom. The first-order chi connectivity index (χ1) is 11.6. The lowest BCUT2D eigenvalue weighted by molar-refractivity contribution is 0.768. The van der Waals surface area contributed by atoms with Crippen LogP contribution in [0.4, 0.5) is 0 Å². The molecule has 4 rings (SSSR count). The van der Waals surface area contributed by atoms with Crippen molar-refractivity contribution < 1.29 is 0 Å². The first-order valence-electron chi connectivity index (χ1n) is 7.69. The van der Waals surface area contributed by atoms with Gasteiger partial charge in [-0.25, -0.2) is 0 Å². The van der Waals surface area contributed by atoms with E-state index in [1.807, 2.05) is 19.4 Å². The topological polar surface area (TPSA) is 63.6 Å². The summed E-state index contributed by atoms with van der Waals surface area (Å²) in [6.45, 7) is 2.06. The molecule has 3 heterocycles. The molecule has 0 fully saturated rings. The maximum atomic E-state index is 11.7. The van der Waals surface area contributed by atoms with Gasteiger partial charge in [0, 0.05) is 48.2 Å². The highest BCUT2D eigenvalue weighted by atomic mass is 16.1. The Hall–Kier alpha value is -3.21. The van der Waals surface area contributed by atoms with Crippen molar-refractivity contribution in [1.82, 2.24) is 19.7 Å². The van der Waals surface area contributed by atoms with Gasteiger partial charge in [-0.3, -0.25) is 14.5 Å². The summed E-state index contributed by atoms with van der Waals surface area (Å²) < 4.78 is 1.79. The maximum absolute atomic E-state index is 11.7. The van der Waals surface area contributed by atoms with Gasteiger partial charge in [0.15, 0.2) is 0 Å². The Balaban J connectivity index is 1.89. The second-order valence-corrected chi connectivity index (χ2v) is 5.91. The number of nitrogens with zero attached hydrogens (tertiary/aromatic N) is 3.